The largest absolute Gasteiger partial charge is 0.481 e. The van der Waals surface area contributed by atoms with Gasteiger partial charge in [-0.05, 0) is 32.7 Å². The summed E-state index contributed by atoms with van der Waals surface area (Å²) in [6.45, 7) is 1.97. The lowest BCUT2D eigenvalue weighted by Crippen LogP contribution is -2.60. The summed E-state index contributed by atoms with van der Waals surface area (Å²) < 4.78 is 0. The van der Waals surface area contributed by atoms with Gasteiger partial charge in [0.1, 0.15) is 18.1 Å². The molecule has 0 spiro atoms. The topological polar surface area (TPSA) is 194 Å². The molecule has 13 heteroatoms. The second-order valence-electron chi connectivity index (χ2n) is 6.95. The third kappa shape index (κ3) is 8.16. The number of aliphatic hydroxyl groups is 1. The van der Waals surface area contributed by atoms with Crippen LogP contribution < -0.4 is 21.3 Å². The Morgan fingerprint density at radius 2 is 1.70 bits per heavy atom. The molecule has 7 N–H and O–H groups in total. The Kier molecular flexibility index (Phi) is 10.6. The molecule has 5 unspecified atom stereocenters. The van der Waals surface area contributed by atoms with Crippen molar-refractivity contribution >= 4 is 42.3 Å². The number of hydrogen-bond acceptors (Lipinski definition) is 8. The number of hydrogen-bond donors (Lipinski definition) is 8. The van der Waals surface area contributed by atoms with Crippen LogP contribution in [0.15, 0.2) is 0 Å². The van der Waals surface area contributed by atoms with Crippen LogP contribution >= 0.6 is 12.6 Å². The van der Waals surface area contributed by atoms with Gasteiger partial charge in [-0.25, -0.2) is 4.79 Å². The Labute approximate surface area is 178 Å². The summed E-state index contributed by atoms with van der Waals surface area (Å²) in [7, 11) is 0. The second-order valence-corrected chi connectivity index (χ2v) is 7.32. The van der Waals surface area contributed by atoms with E-state index in [9.17, 15) is 29.1 Å². The fourth-order valence-corrected chi connectivity index (χ4v) is 3.08. The molecule has 5 atom stereocenters. The van der Waals surface area contributed by atoms with Crippen LogP contribution in [0, 0.1) is 0 Å². The molecule has 1 aliphatic rings. The highest BCUT2D eigenvalue weighted by Crippen LogP contribution is 2.06. The highest BCUT2D eigenvalue weighted by Gasteiger charge is 2.33. The number of nitrogens with one attached hydrogen (secondary N) is 4. The molecule has 0 radical (unpaired) electrons. The smallest absolute Gasteiger partial charge is 0.326 e. The van der Waals surface area contributed by atoms with E-state index in [4.69, 9.17) is 10.2 Å². The van der Waals surface area contributed by atoms with Crippen molar-refractivity contribution in [3.63, 3.8) is 0 Å². The van der Waals surface area contributed by atoms with Crippen molar-refractivity contribution in [2.24, 2.45) is 0 Å². The van der Waals surface area contributed by atoms with Crippen LogP contribution in [-0.4, -0.2) is 87.5 Å². The summed E-state index contributed by atoms with van der Waals surface area (Å²) >= 11 is 3.97. The molecule has 0 saturated carbocycles. The Hall–Kier alpha value is -2.38. The Morgan fingerprint density at radius 1 is 1.07 bits per heavy atom. The van der Waals surface area contributed by atoms with Crippen LogP contribution in [0.4, 0.5) is 0 Å². The van der Waals surface area contributed by atoms with Gasteiger partial charge in [0, 0.05) is 12.2 Å². The average molecular weight is 448 g/mol. The predicted octanol–water partition coefficient (Wildman–Crippen LogP) is -2.55. The summed E-state index contributed by atoms with van der Waals surface area (Å²) in [5.74, 6) is -5.03. The van der Waals surface area contributed by atoms with Crippen molar-refractivity contribution < 1.29 is 39.3 Å². The van der Waals surface area contributed by atoms with E-state index in [1.54, 1.807) is 0 Å². The fourth-order valence-electron chi connectivity index (χ4n) is 2.82. The first-order chi connectivity index (χ1) is 14.1. The quantitative estimate of drug-likeness (QED) is 0.148. The molecule has 170 valence electrons. The highest BCUT2D eigenvalue weighted by atomic mass is 32.1. The molecule has 1 rings (SSSR count). The Bertz CT molecular complexity index is 654. The minimum absolute atomic E-state index is 0.201. The molecule has 0 aromatic heterocycles. The molecule has 30 heavy (non-hydrogen) atoms. The van der Waals surface area contributed by atoms with E-state index in [1.807, 2.05) is 0 Å². The summed E-state index contributed by atoms with van der Waals surface area (Å²) in [5.41, 5.74) is 0. The normalized spacial score (nSPS) is 19.8. The average Bonchev–Trinajstić information content (AvgIpc) is 3.21. The van der Waals surface area contributed by atoms with Crippen LogP contribution in [0.25, 0.3) is 0 Å². The summed E-state index contributed by atoms with van der Waals surface area (Å²) in [6, 6.07) is -4.55. The maximum atomic E-state index is 12.5. The fraction of sp³-hybridized carbons (Fsp3) is 0.706. The number of aliphatic hydroxyl groups excluding tert-OH is 1. The van der Waals surface area contributed by atoms with Gasteiger partial charge in [0.15, 0.2) is 0 Å². The summed E-state index contributed by atoms with van der Waals surface area (Å²) in [4.78, 5) is 59.0. The zero-order valence-electron chi connectivity index (χ0n) is 16.5. The second kappa shape index (κ2) is 12.3. The van der Waals surface area contributed by atoms with Gasteiger partial charge in [-0.3, -0.25) is 19.2 Å². The number of carbonyl (C=O) groups is 5. The van der Waals surface area contributed by atoms with Crippen LogP contribution in [0.1, 0.15) is 32.6 Å². The first-order valence-corrected chi connectivity index (χ1v) is 10.1. The predicted molar refractivity (Wildman–Crippen MR) is 107 cm³/mol. The molecule has 1 aliphatic heterocycles. The van der Waals surface area contributed by atoms with E-state index in [-0.39, 0.29) is 12.2 Å². The van der Waals surface area contributed by atoms with Crippen LogP contribution in [0.5, 0.6) is 0 Å². The van der Waals surface area contributed by atoms with Crippen molar-refractivity contribution in [3.05, 3.63) is 0 Å². The number of carboxylic acid groups (broad SMARTS) is 2. The van der Waals surface area contributed by atoms with Crippen molar-refractivity contribution in [3.8, 4) is 0 Å². The lowest BCUT2D eigenvalue weighted by atomic mass is 10.1. The van der Waals surface area contributed by atoms with Crippen molar-refractivity contribution in [2.45, 2.75) is 62.9 Å². The van der Waals surface area contributed by atoms with Crippen molar-refractivity contribution in [1.29, 1.82) is 0 Å². The SMILES string of the molecule is CC(O)C(NC(=O)C1CCCN1)C(=O)NC(CS)C(=O)NC(CCC(=O)O)C(=O)O. The van der Waals surface area contributed by atoms with E-state index in [0.29, 0.717) is 13.0 Å². The first-order valence-electron chi connectivity index (χ1n) is 9.44. The van der Waals surface area contributed by atoms with Gasteiger partial charge < -0.3 is 36.6 Å². The molecule has 0 aromatic carbocycles. The van der Waals surface area contributed by atoms with E-state index in [2.05, 4.69) is 33.9 Å². The molecule has 0 bridgehead atoms. The van der Waals surface area contributed by atoms with Gasteiger partial charge in [-0.1, -0.05) is 0 Å². The van der Waals surface area contributed by atoms with Crippen LogP contribution in [0.2, 0.25) is 0 Å². The van der Waals surface area contributed by atoms with Gasteiger partial charge in [0.05, 0.1) is 12.1 Å². The minimum Gasteiger partial charge on any atom is -0.481 e. The van der Waals surface area contributed by atoms with Crippen molar-refractivity contribution in [2.75, 3.05) is 12.3 Å². The van der Waals surface area contributed by atoms with Gasteiger partial charge in [-0.2, -0.15) is 12.6 Å². The lowest BCUT2D eigenvalue weighted by Gasteiger charge is -2.25. The number of carbonyl (C=O) groups excluding carboxylic acids is 3. The van der Waals surface area contributed by atoms with E-state index in [1.165, 1.54) is 6.92 Å². The summed E-state index contributed by atoms with van der Waals surface area (Å²) in [5, 5.41) is 37.6. The molecule has 0 aliphatic carbocycles. The van der Waals surface area contributed by atoms with E-state index < -0.39 is 66.4 Å². The number of amides is 3. The monoisotopic (exact) mass is 448 g/mol. The number of thiol groups is 1. The molecule has 12 nitrogen and oxygen atoms in total. The molecular weight excluding hydrogens is 420 g/mol. The number of aliphatic carboxylic acids is 2. The highest BCUT2D eigenvalue weighted by molar-refractivity contribution is 7.80. The van der Waals surface area contributed by atoms with Gasteiger partial charge in [0.2, 0.25) is 17.7 Å². The lowest BCUT2D eigenvalue weighted by molar-refractivity contribution is -0.143. The molecule has 0 aromatic rings. The first kappa shape index (κ1) is 25.7. The number of carboxylic acids is 2. The third-order valence-electron chi connectivity index (χ3n) is 4.52. The Balaban J connectivity index is 2.74. The zero-order valence-corrected chi connectivity index (χ0v) is 17.4. The third-order valence-corrected chi connectivity index (χ3v) is 4.88. The molecule has 1 fully saturated rings. The minimum atomic E-state index is -1.46. The van der Waals surface area contributed by atoms with Crippen LogP contribution in [0.3, 0.4) is 0 Å². The Morgan fingerprint density at radius 3 is 2.17 bits per heavy atom. The maximum Gasteiger partial charge on any atom is 0.326 e. The van der Waals surface area contributed by atoms with E-state index in [0.717, 1.165) is 6.42 Å². The molecule has 1 heterocycles. The molecule has 3 amide bonds. The zero-order chi connectivity index (χ0) is 22.8. The van der Waals surface area contributed by atoms with Crippen LogP contribution in [-0.2, 0) is 24.0 Å². The summed E-state index contributed by atoms with van der Waals surface area (Å²) in [6.07, 6.45) is -0.682. The standard InChI is InChI=1S/C17H28N4O8S/c1-8(22)13(21-14(25)9-3-2-6-18-9)16(27)20-11(7-30)15(26)19-10(17(28)29)4-5-12(23)24/h8-11,13,18,22,30H,2-7H2,1H3,(H,19,26)(H,20,27)(H,21,25)(H,23,24)(H,28,29). The van der Waals surface area contributed by atoms with Crippen molar-refractivity contribution in [1.82, 2.24) is 21.3 Å². The number of rotatable bonds is 12. The van der Waals surface area contributed by atoms with Gasteiger partial charge >= 0.3 is 11.9 Å². The van der Waals surface area contributed by atoms with E-state index >= 15 is 0 Å². The molecular formula is C17H28N4O8S. The molecule has 1 saturated heterocycles. The van der Waals surface area contributed by atoms with Gasteiger partial charge in [-0.15, -0.1) is 0 Å². The maximum absolute atomic E-state index is 12.5. The van der Waals surface area contributed by atoms with Gasteiger partial charge in [0.25, 0.3) is 0 Å².